The Balaban J connectivity index is 2.96. The summed E-state index contributed by atoms with van der Waals surface area (Å²) in [6.45, 7) is 0. The average Bonchev–Trinajstić information content (AvgIpc) is 2.71. The molecule has 0 amide bonds. The molecule has 0 radical (unpaired) electrons. The molecule has 27 heteroatoms. The molecule has 0 aliphatic rings. The van der Waals surface area contributed by atoms with Crippen LogP contribution in [-0.4, -0.2) is 6.26 Å². The monoisotopic (exact) mass is 879 g/mol. The summed E-state index contributed by atoms with van der Waals surface area (Å²) in [6.07, 6.45) is 2.10. The Labute approximate surface area is 267 Å². The van der Waals surface area contributed by atoms with E-state index in [2.05, 4.69) is 17.9 Å². The SMILES string of the molecule is CSSSSSSSSSSSSSSSSSSSSSSSSSSS. The molecule has 0 aromatic rings. The predicted octanol–water partition coefficient (Wildman–Crippen LogP) is 17.4. The Hall–Kier alpha value is 9.45. The third kappa shape index (κ3) is 35.4. The highest BCUT2D eigenvalue weighted by atomic mass is 34.1. The predicted molar refractivity (Wildman–Crippen MR) is 212 cm³/mol. The summed E-state index contributed by atoms with van der Waals surface area (Å²) in [5.74, 6) is 0. The molecule has 0 N–H and O–H groups in total. The molecule has 0 heterocycles. The summed E-state index contributed by atoms with van der Waals surface area (Å²) in [4.78, 5) is 0. The summed E-state index contributed by atoms with van der Waals surface area (Å²) in [7, 11) is 46.7. The van der Waals surface area contributed by atoms with E-state index < -0.39 is 0 Å². The van der Waals surface area contributed by atoms with Crippen molar-refractivity contribution in [2.45, 2.75) is 0 Å². The van der Waals surface area contributed by atoms with Crippen LogP contribution >= 0.6 is 268 Å². The van der Waals surface area contributed by atoms with E-state index in [1.807, 2.05) is 187 Å². The third-order valence-corrected chi connectivity index (χ3v) is 56.1. The molecule has 0 bridgehead atoms. The highest BCUT2D eigenvalue weighted by Gasteiger charge is 2.01. The van der Waals surface area contributed by atoms with Gasteiger partial charge in [-0.3, -0.25) is 0 Å². The van der Waals surface area contributed by atoms with Crippen molar-refractivity contribution < 1.29 is 0 Å². The minimum absolute atomic E-state index is 1.49. The summed E-state index contributed by atoms with van der Waals surface area (Å²) in [5.41, 5.74) is 0. The van der Waals surface area contributed by atoms with Gasteiger partial charge in [-0.1, -0.05) is 22.5 Å². The van der Waals surface area contributed by atoms with Gasteiger partial charge in [0.15, 0.2) is 0 Å². The van der Waals surface area contributed by atoms with Gasteiger partial charge in [0.05, 0.1) is 0 Å². The molecule has 0 fully saturated rings. The van der Waals surface area contributed by atoms with Gasteiger partial charge in [0, 0.05) is 88.4 Å². The number of hydrogen-bond donors (Lipinski definition) is 1. The van der Waals surface area contributed by atoms with Gasteiger partial charge in [-0.2, -0.15) is 0 Å². The van der Waals surface area contributed by atoms with Gasteiger partial charge in [0.25, 0.3) is 0 Å². The Bertz CT molecular complexity index is 225. The molecule has 0 aliphatic carbocycles. The zero-order valence-electron chi connectivity index (χ0n) is 12.1. The van der Waals surface area contributed by atoms with Crippen LogP contribution in [-0.2, 0) is 0 Å². The van der Waals surface area contributed by atoms with Gasteiger partial charge in [-0.05, 0) is 163 Å². The van der Waals surface area contributed by atoms with Gasteiger partial charge < -0.3 is 0 Å². The summed E-state index contributed by atoms with van der Waals surface area (Å²) in [5, 5.41) is 0. The van der Waals surface area contributed by atoms with Gasteiger partial charge in [0.2, 0.25) is 0 Å². The van der Waals surface area contributed by atoms with Crippen molar-refractivity contribution in [3.05, 3.63) is 0 Å². The normalized spacial score (nSPS) is 11.4. The molecule has 0 atom stereocenters. The number of thiol groups is 1. The van der Waals surface area contributed by atoms with E-state index in [0.29, 0.717) is 0 Å². The molecule has 0 spiro atoms. The maximum atomic E-state index is 4.07. The lowest BCUT2D eigenvalue weighted by atomic mass is 12.0. The highest BCUT2D eigenvalue weighted by Crippen LogP contribution is 2.66. The van der Waals surface area contributed by atoms with Crippen LogP contribution in [0.4, 0.5) is 0 Å². The summed E-state index contributed by atoms with van der Waals surface area (Å²) in [6, 6.07) is 0. The molecule has 170 valence electrons. The van der Waals surface area contributed by atoms with E-state index in [1.54, 1.807) is 59.9 Å². The molecule has 0 unspecified atom stereocenters. The Morgan fingerprint density at radius 2 is 0.464 bits per heavy atom. The van der Waals surface area contributed by atoms with E-state index in [4.69, 9.17) is 0 Å². The van der Waals surface area contributed by atoms with E-state index in [1.165, 1.54) is 9.83 Å². The molecular weight excluding hydrogens is 878 g/mol. The average molecular weight is 882 g/mol. The van der Waals surface area contributed by atoms with E-state index in [9.17, 15) is 0 Å². The fourth-order valence-electron chi connectivity index (χ4n) is 0.290. The molecule has 0 saturated carbocycles. The molecule has 0 aromatic heterocycles. The molecule has 0 aromatic carbocycles. The van der Waals surface area contributed by atoms with Crippen LogP contribution < -0.4 is 0 Å². The molecule has 0 nitrogen and oxygen atoms in total. The quantitative estimate of drug-likeness (QED) is 0.0525. The van der Waals surface area contributed by atoms with Crippen LogP contribution in [0.25, 0.3) is 0 Å². The van der Waals surface area contributed by atoms with Crippen molar-refractivity contribution in [1.82, 2.24) is 0 Å². The van der Waals surface area contributed by atoms with Crippen molar-refractivity contribution in [3.63, 3.8) is 0 Å². The molecule has 28 heavy (non-hydrogen) atoms. The smallest absolute Gasteiger partial charge is 0 e. The first-order valence-electron chi connectivity index (χ1n) is 4.76. The Kier molecular flexibility index (Phi) is 48.8. The van der Waals surface area contributed by atoms with Gasteiger partial charge in [-0.15, -0.1) is 0 Å². The fourth-order valence-corrected chi connectivity index (χ4v) is 65.9. The lowest BCUT2D eigenvalue weighted by Gasteiger charge is -1.99. The first kappa shape index (κ1) is 37.4. The second-order valence-corrected chi connectivity index (χ2v) is 47.6. The van der Waals surface area contributed by atoms with Crippen molar-refractivity contribution >= 4 is 268 Å². The van der Waals surface area contributed by atoms with Crippen LogP contribution in [0.1, 0.15) is 0 Å². The maximum absolute atomic E-state index is 4.07. The second-order valence-electron chi connectivity index (χ2n) is 1.87. The van der Waals surface area contributed by atoms with Gasteiger partial charge in [0.1, 0.15) is 0 Å². The van der Waals surface area contributed by atoms with Gasteiger partial charge >= 0.3 is 0 Å². The number of hydrogen-bond acceptors (Lipinski definition) is 27. The van der Waals surface area contributed by atoms with Gasteiger partial charge in [-0.25, -0.2) is 0 Å². The van der Waals surface area contributed by atoms with Crippen LogP contribution in [0, 0.1) is 0 Å². The van der Waals surface area contributed by atoms with Crippen LogP contribution in [0.5, 0.6) is 0 Å². The molecule has 0 saturated heterocycles. The summed E-state index contributed by atoms with van der Waals surface area (Å²) < 4.78 is 0. The Morgan fingerprint density at radius 1 is 0.286 bits per heavy atom. The zero-order chi connectivity index (χ0) is 20.4. The molecule has 0 aliphatic heterocycles. The van der Waals surface area contributed by atoms with Crippen molar-refractivity contribution in [2.24, 2.45) is 0 Å². The van der Waals surface area contributed by atoms with Crippen molar-refractivity contribution in [3.8, 4) is 0 Å². The fraction of sp³-hybridized carbons (Fsp3) is 1.00. The van der Waals surface area contributed by atoms with Crippen LogP contribution in [0.3, 0.4) is 0 Å². The zero-order valence-corrected chi connectivity index (χ0v) is 34.2. The topological polar surface area (TPSA) is 0 Å². The summed E-state index contributed by atoms with van der Waals surface area (Å²) >= 11 is 4.07. The first-order chi connectivity index (χ1) is 13.9. The molecule has 0 rings (SSSR count). The van der Waals surface area contributed by atoms with Crippen molar-refractivity contribution in [1.29, 1.82) is 0 Å². The largest absolute Gasteiger partial charge is 0.0988 e. The lowest BCUT2D eigenvalue weighted by Crippen LogP contribution is -1.34. The molecular formula is CH4S27. The lowest BCUT2D eigenvalue weighted by molar-refractivity contribution is 2.55. The van der Waals surface area contributed by atoms with Crippen LogP contribution in [0.15, 0.2) is 0 Å². The van der Waals surface area contributed by atoms with E-state index in [0.717, 1.165) is 0 Å². The Morgan fingerprint density at radius 3 is 0.643 bits per heavy atom. The van der Waals surface area contributed by atoms with E-state index >= 15 is 0 Å². The third-order valence-electron chi connectivity index (χ3n) is 0.737. The minimum Gasteiger partial charge on any atom is -0.0988 e. The number of rotatable bonds is 25. The van der Waals surface area contributed by atoms with E-state index in [-0.39, 0.29) is 0 Å². The van der Waals surface area contributed by atoms with Crippen molar-refractivity contribution in [2.75, 3.05) is 6.26 Å². The minimum atomic E-state index is 1.49. The maximum Gasteiger partial charge on any atom is 0 e. The first-order valence-corrected chi connectivity index (χ1v) is 40.4. The standard InChI is InChI=1S/CH4S27/c1-3-5-7-9-11-13-15-17-19-21-23-25-27-28-26-24-22-20-18-16-14-12-10-8-6-4-2/h2H,1H3. The highest BCUT2D eigenvalue weighted by molar-refractivity contribution is 9.60. The van der Waals surface area contributed by atoms with Crippen LogP contribution in [0.2, 0.25) is 0 Å². The second kappa shape index (κ2) is 36.4.